The van der Waals surface area contributed by atoms with Crippen LogP contribution in [0.25, 0.3) is 0 Å². The molecule has 5 heteroatoms. The van der Waals surface area contributed by atoms with Crippen LogP contribution in [-0.2, 0) is 12.2 Å². The summed E-state index contributed by atoms with van der Waals surface area (Å²) in [5.41, 5.74) is 6.10. The molecule has 0 spiro atoms. The number of rotatable bonds is 3. The van der Waals surface area contributed by atoms with Gasteiger partial charge in [-0.2, -0.15) is 0 Å². The number of halogens is 1. The van der Waals surface area contributed by atoms with E-state index in [9.17, 15) is 4.39 Å². The van der Waals surface area contributed by atoms with E-state index in [1.165, 1.54) is 0 Å². The molecule has 3 heterocycles. The SMILES string of the molecule is Nc1ncccc1CN1CCC(F)(c2ccccn2)CC1. The summed E-state index contributed by atoms with van der Waals surface area (Å²) in [5.74, 6) is 0.555. The fourth-order valence-electron chi connectivity index (χ4n) is 2.77. The van der Waals surface area contributed by atoms with Crippen LogP contribution in [0.1, 0.15) is 24.1 Å². The van der Waals surface area contributed by atoms with Gasteiger partial charge in [-0.15, -0.1) is 0 Å². The lowest BCUT2D eigenvalue weighted by atomic mass is 9.89. The molecule has 0 aliphatic carbocycles. The lowest BCUT2D eigenvalue weighted by Gasteiger charge is -2.36. The number of pyridine rings is 2. The monoisotopic (exact) mass is 286 g/mol. The molecule has 2 aromatic rings. The first-order chi connectivity index (χ1) is 10.2. The van der Waals surface area contributed by atoms with Crippen LogP contribution in [0.2, 0.25) is 0 Å². The summed E-state index contributed by atoms with van der Waals surface area (Å²) in [6.07, 6.45) is 4.26. The number of nitrogen functional groups attached to an aromatic ring is 1. The average Bonchev–Trinajstić information content (AvgIpc) is 2.53. The van der Waals surface area contributed by atoms with Crippen LogP contribution in [0.5, 0.6) is 0 Å². The Hall–Kier alpha value is -2.01. The normalized spacial score (nSPS) is 18.5. The molecule has 0 atom stereocenters. The molecule has 3 rings (SSSR count). The second kappa shape index (κ2) is 5.77. The molecule has 4 nitrogen and oxygen atoms in total. The Balaban J connectivity index is 1.64. The van der Waals surface area contributed by atoms with Gasteiger partial charge in [0.05, 0.1) is 5.69 Å². The van der Waals surface area contributed by atoms with Gasteiger partial charge < -0.3 is 5.73 Å². The molecule has 110 valence electrons. The van der Waals surface area contributed by atoms with Crippen molar-refractivity contribution in [3.8, 4) is 0 Å². The standard InChI is InChI=1S/C16H19FN4/c17-16(14-5-1-2-8-19-14)6-10-21(11-7-16)12-13-4-3-9-20-15(13)18/h1-5,8-9H,6-7,10-12H2,(H2,18,20). The molecule has 0 unspecified atom stereocenters. The van der Waals surface area contributed by atoms with Crippen LogP contribution in [-0.4, -0.2) is 28.0 Å². The number of hydrogen-bond acceptors (Lipinski definition) is 4. The third-order valence-corrected chi connectivity index (χ3v) is 4.09. The van der Waals surface area contributed by atoms with E-state index in [0.29, 0.717) is 37.4 Å². The molecule has 2 N–H and O–H groups in total. The van der Waals surface area contributed by atoms with Crippen molar-refractivity contribution in [2.24, 2.45) is 0 Å². The van der Waals surface area contributed by atoms with Gasteiger partial charge >= 0.3 is 0 Å². The fourth-order valence-corrected chi connectivity index (χ4v) is 2.77. The van der Waals surface area contributed by atoms with Crippen molar-refractivity contribution in [2.75, 3.05) is 18.8 Å². The Kier molecular flexibility index (Phi) is 3.84. The number of piperidine rings is 1. The van der Waals surface area contributed by atoms with Gasteiger partial charge in [-0.25, -0.2) is 9.37 Å². The zero-order chi connectivity index (χ0) is 14.7. The van der Waals surface area contributed by atoms with Gasteiger partial charge in [-0.1, -0.05) is 12.1 Å². The van der Waals surface area contributed by atoms with Crippen LogP contribution >= 0.6 is 0 Å². The smallest absolute Gasteiger partial charge is 0.155 e. The molecule has 0 saturated carbocycles. The summed E-state index contributed by atoms with van der Waals surface area (Å²) in [6.45, 7) is 2.11. The number of nitrogens with zero attached hydrogens (tertiary/aromatic N) is 3. The van der Waals surface area contributed by atoms with Crippen LogP contribution < -0.4 is 5.73 Å². The summed E-state index contributed by atoms with van der Waals surface area (Å²) >= 11 is 0. The summed E-state index contributed by atoms with van der Waals surface area (Å²) in [6, 6.07) is 9.27. The molecule has 0 aromatic carbocycles. The fraction of sp³-hybridized carbons (Fsp3) is 0.375. The first-order valence-electron chi connectivity index (χ1n) is 7.19. The first kappa shape index (κ1) is 13.9. The molecular formula is C16H19FN4. The Morgan fingerprint density at radius 2 is 1.86 bits per heavy atom. The van der Waals surface area contributed by atoms with E-state index in [1.54, 1.807) is 18.5 Å². The van der Waals surface area contributed by atoms with Gasteiger partial charge in [0, 0.05) is 37.6 Å². The highest BCUT2D eigenvalue weighted by molar-refractivity contribution is 5.38. The maximum Gasteiger partial charge on any atom is 0.155 e. The molecule has 0 radical (unpaired) electrons. The van der Waals surface area contributed by atoms with Crippen molar-refractivity contribution < 1.29 is 4.39 Å². The maximum absolute atomic E-state index is 15.0. The number of likely N-dealkylation sites (tertiary alicyclic amines) is 1. The van der Waals surface area contributed by atoms with E-state index in [2.05, 4.69) is 14.9 Å². The first-order valence-corrected chi connectivity index (χ1v) is 7.19. The molecule has 0 amide bonds. The van der Waals surface area contributed by atoms with Gasteiger partial charge in [0.15, 0.2) is 5.67 Å². The van der Waals surface area contributed by atoms with Gasteiger partial charge in [0.25, 0.3) is 0 Å². The number of aromatic nitrogens is 2. The van der Waals surface area contributed by atoms with Gasteiger partial charge in [-0.05, 0) is 31.0 Å². The topological polar surface area (TPSA) is 55.0 Å². The lowest BCUT2D eigenvalue weighted by molar-refractivity contribution is 0.0491. The predicted octanol–water partition coefficient (Wildman–Crippen LogP) is 2.52. The van der Waals surface area contributed by atoms with Crippen LogP contribution in [0, 0.1) is 0 Å². The quantitative estimate of drug-likeness (QED) is 0.942. The van der Waals surface area contributed by atoms with Crippen molar-refractivity contribution in [1.82, 2.24) is 14.9 Å². The van der Waals surface area contributed by atoms with E-state index in [1.807, 2.05) is 24.3 Å². The van der Waals surface area contributed by atoms with E-state index >= 15 is 0 Å². The van der Waals surface area contributed by atoms with Gasteiger partial charge in [0.1, 0.15) is 5.82 Å². The third-order valence-electron chi connectivity index (χ3n) is 4.09. The van der Waals surface area contributed by atoms with E-state index in [4.69, 9.17) is 5.73 Å². The number of hydrogen-bond donors (Lipinski definition) is 1. The lowest BCUT2D eigenvalue weighted by Crippen LogP contribution is -2.40. The van der Waals surface area contributed by atoms with Crippen LogP contribution in [0.4, 0.5) is 10.2 Å². The molecule has 1 saturated heterocycles. The Bertz CT molecular complexity index is 594. The summed E-state index contributed by atoms with van der Waals surface area (Å²) in [4.78, 5) is 10.5. The number of anilines is 1. The number of alkyl halides is 1. The minimum atomic E-state index is -1.31. The third kappa shape index (κ3) is 3.03. The average molecular weight is 286 g/mol. The van der Waals surface area contributed by atoms with Gasteiger partial charge in [-0.3, -0.25) is 9.88 Å². The molecule has 1 aliphatic rings. The summed E-state index contributed by atoms with van der Waals surface area (Å²) < 4.78 is 15.0. The molecule has 0 bridgehead atoms. The Morgan fingerprint density at radius 1 is 1.10 bits per heavy atom. The van der Waals surface area contributed by atoms with Crippen molar-refractivity contribution >= 4 is 5.82 Å². The Labute approximate surface area is 123 Å². The van der Waals surface area contributed by atoms with E-state index in [-0.39, 0.29) is 0 Å². The largest absolute Gasteiger partial charge is 0.383 e. The molecule has 2 aromatic heterocycles. The van der Waals surface area contributed by atoms with Crippen molar-refractivity contribution in [2.45, 2.75) is 25.1 Å². The summed E-state index contributed by atoms with van der Waals surface area (Å²) in [7, 11) is 0. The second-order valence-electron chi connectivity index (χ2n) is 5.50. The van der Waals surface area contributed by atoms with E-state index in [0.717, 1.165) is 12.1 Å². The molecule has 21 heavy (non-hydrogen) atoms. The molecule has 1 aliphatic heterocycles. The predicted molar refractivity (Wildman–Crippen MR) is 80.2 cm³/mol. The second-order valence-corrected chi connectivity index (χ2v) is 5.50. The molecule has 1 fully saturated rings. The van der Waals surface area contributed by atoms with Crippen LogP contribution in [0.3, 0.4) is 0 Å². The minimum Gasteiger partial charge on any atom is -0.383 e. The maximum atomic E-state index is 15.0. The highest BCUT2D eigenvalue weighted by Gasteiger charge is 2.37. The van der Waals surface area contributed by atoms with Gasteiger partial charge in [0.2, 0.25) is 0 Å². The van der Waals surface area contributed by atoms with Crippen molar-refractivity contribution in [1.29, 1.82) is 0 Å². The highest BCUT2D eigenvalue weighted by atomic mass is 19.1. The summed E-state index contributed by atoms with van der Waals surface area (Å²) in [5, 5.41) is 0. The minimum absolute atomic E-state index is 0.462. The zero-order valence-electron chi connectivity index (χ0n) is 11.9. The Morgan fingerprint density at radius 3 is 2.52 bits per heavy atom. The number of nitrogens with two attached hydrogens (primary N) is 1. The highest BCUT2D eigenvalue weighted by Crippen LogP contribution is 2.36. The van der Waals surface area contributed by atoms with Crippen molar-refractivity contribution in [3.05, 3.63) is 54.0 Å². The zero-order valence-corrected chi connectivity index (χ0v) is 11.9. The van der Waals surface area contributed by atoms with Crippen LogP contribution in [0.15, 0.2) is 42.7 Å². The van der Waals surface area contributed by atoms with Crippen molar-refractivity contribution in [3.63, 3.8) is 0 Å². The molecular weight excluding hydrogens is 267 g/mol. The van der Waals surface area contributed by atoms with E-state index < -0.39 is 5.67 Å².